The maximum atomic E-state index is 12.3. The SMILES string of the molecule is CC(C)(C)c1ccc(C(=O)NCc2nc(-c3ccccc3Cl)no2)cc1. The van der Waals surface area contributed by atoms with E-state index in [9.17, 15) is 4.79 Å². The fraction of sp³-hybridized carbons (Fsp3) is 0.250. The molecule has 1 amide bonds. The molecule has 0 saturated carbocycles. The molecule has 0 spiro atoms. The van der Waals surface area contributed by atoms with Gasteiger partial charge >= 0.3 is 0 Å². The molecule has 0 atom stereocenters. The van der Waals surface area contributed by atoms with Crippen LogP contribution in [0.1, 0.15) is 42.6 Å². The molecule has 1 N–H and O–H groups in total. The van der Waals surface area contributed by atoms with Crippen LogP contribution < -0.4 is 5.32 Å². The molecular weight excluding hydrogens is 350 g/mol. The highest BCUT2D eigenvalue weighted by atomic mass is 35.5. The first kappa shape index (κ1) is 18.1. The molecule has 26 heavy (non-hydrogen) atoms. The van der Waals surface area contributed by atoms with Gasteiger partial charge in [-0.1, -0.05) is 61.8 Å². The van der Waals surface area contributed by atoms with E-state index >= 15 is 0 Å². The van der Waals surface area contributed by atoms with E-state index in [0.717, 1.165) is 0 Å². The Morgan fingerprint density at radius 1 is 1.12 bits per heavy atom. The lowest BCUT2D eigenvalue weighted by Crippen LogP contribution is -2.23. The van der Waals surface area contributed by atoms with Gasteiger partial charge in [-0.15, -0.1) is 0 Å². The molecule has 0 aliphatic rings. The maximum Gasteiger partial charge on any atom is 0.251 e. The minimum absolute atomic E-state index is 0.0495. The van der Waals surface area contributed by atoms with E-state index in [-0.39, 0.29) is 17.9 Å². The number of amides is 1. The lowest BCUT2D eigenvalue weighted by atomic mass is 9.87. The highest BCUT2D eigenvalue weighted by molar-refractivity contribution is 6.33. The molecule has 1 heterocycles. The summed E-state index contributed by atoms with van der Waals surface area (Å²) in [5, 5.41) is 7.24. The van der Waals surface area contributed by atoms with Crippen molar-refractivity contribution in [2.45, 2.75) is 32.7 Å². The molecule has 0 aliphatic heterocycles. The highest BCUT2D eigenvalue weighted by Crippen LogP contribution is 2.25. The van der Waals surface area contributed by atoms with Crippen molar-refractivity contribution >= 4 is 17.5 Å². The minimum Gasteiger partial charge on any atom is -0.343 e. The van der Waals surface area contributed by atoms with Crippen molar-refractivity contribution in [2.75, 3.05) is 0 Å². The zero-order valence-corrected chi connectivity index (χ0v) is 15.7. The normalized spacial score (nSPS) is 11.4. The second-order valence-electron chi connectivity index (χ2n) is 7.00. The van der Waals surface area contributed by atoms with Crippen LogP contribution in [-0.4, -0.2) is 16.0 Å². The summed E-state index contributed by atoms with van der Waals surface area (Å²) in [7, 11) is 0. The van der Waals surface area contributed by atoms with Gasteiger partial charge in [0.1, 0.15) is 0 Å². The summed E-state index contributed by atoms with van der Waals surface area (Å²) < 4.78 is 5.19. The fourth-order valence-corrected chi connectivity index (χ4v) is 2.68. The topological polar surface area (TPSA) is 68.0 Å². The zero-order valence-electron chi connectivity index (χ0n) is 14.9. The summed E-state index contributed by atoms with van der Waals surface area (Å²) in [6, 6.07) is 14.8. The number of nitrogens with one attached hydrogen (secondary N) is 1. The first-order valence-electron chi connectivity index (χ1n) is 8.31. The number of hydrogen-bond acceptors (Lipinski definition) is 4. The molecule has 0 aliphatic carbocycles. The Bertz CT molecular complexity index is 911. The second kappa shape index (κ2) is 7.30. The van der Waals surface area contributed by atoms with Crippen molar-refractivity contribution in [3.05, 3.63) is 70.6 Å². The molecule has 1 aromatic heterocycles. The van der Waals surface area contributed by atoms with E-state index < -0.39 is 0 Å². The van der Waals surface area contributed by atoms with Gasteiger partial charge in [-0.25, -0.2) is 0 Å². The molecule has 6 heteroatoms. The number of carbonyl (C=O) groups excluding carboxylic acids is 1. The first-order valence-corrected chi connectivity index (χ1v) is 8.68. The van der Waals surface area contributed by atoms with Gasteiger partial charge in [0.05, 0.1) is 11.6 Å². The minimum atomic E-state index is -0.192. The number of rotatable bonds is 4. The number of hydrogen-bond donors (Lipinski definition) is 1. The Balaban J connectivity index is 1.64. The van der Waals surface area contributed by atoms with Crippen LogP contribution in [0.3, 0.4) is 0 Å². The van der Waals surface area contributed by atoms with Crippen molar-refractivity contribution in [1.29, 1.82) is 0 Å². The van der Waals surface area contributed by atoms with Gasteiger partial charge in [-0.05, 0) is 35.2 Å². The summed E-state index contributed by atoms with van der Waals surface area (Å²) >= 11 is 6.13. The van der Waals surface area contributed by atoms with Crippen LogP contribution in [0.2, 0.25) is 5.02 Å². The maximum absolute atomic E-state index is 12.3. The van der Waals surface area contributed by atoms with Gasteiger partial charge < -0.3 is 9.84 Å². The summed E-state index contributed by atoms with van der Waals surface area (Å²) in [6.07, 6.45) is 0. The quantitative estimate of drug-likeness (QED) is 0.728. The van der Waals surface area contributed by atoms with Crippen molar-refractivity contribution in [2.24, 2.45) is 0 Å². The summed E-state index contributed by atoms with van der Waals surface area (Å²) in [4.78, 5) is 16.6. The summed E-state index contributed by atoms with van der Waals surface area (Å²) in [6.45, 7) is 6.55. The van der Waals surface area contributed by atoms with Gasteiger partial charge in [0, 0.05) is 11.1 Å². The molecule has 0 radical (unpaired) electrons. The molecule has 134 valence electrons. The monoisotopic (exact) mass is 369 g/mol. The summed E-state index contributed by atoms with van der Waals surface area (Å²) in [5.74, 6) is 0.525. The van der Waals surface area contributed by atoms with E-state index in [1.54, 1.807) is 6.07 Å². The molecule has 0 fully saturated rings. The van der Waals surface area contributed by atoms with Gasteiger partial charge in [0.15, 0.2) is 0 Å². The van der Waals surface area contributed by atoms with Crippen molar-refractivity contribution < 1.29 is 9.32 Å². The predicted molar refractivity (Wildman–Crippen MR) is 101 cm³/mol. The van der Waals surface area contributed by atoms with Gasteiger partial charge in [-0.3, -0.25) is 4.79 Å². The molecule has 0 saturated heterocycles. The second-order valence-corrected chi connectivity index (χ2v) is 7.41. The van der Waals surface area contributed by atoms with Crippen LogP contribution in [-0.2, 0) is 12.0 Å². The third-order valence-electron chi connectivity index (χ3n) is 4.00. The van der Waals surface area contributed by atoms with Crippen LogP contribution in [0.4, 0.5) is 0 Å². The molecule has 5 nitrogen and oxygen atoms in total. The standard InChI is InChI=1S/C20H20ClN3O2/c1-20(2,3)14-10-8-13(9-11-14)19(25)22-12-17-23-18(24-26-17)15-6-4-5-7-16(15)21/h4-11H,12H2,1-3H3,(H,22,25). The number of benzene rings is 2. The molecule has 3 rings (SSSR count). The van der Waals surface area contributed by atoms with E-state index in [0.29, 0.717) is 27.9 Å². The molecule has 0 bridgehead atoms. The van der Waals surface area contributed by atoms with Crippen molar-refractivity contribution in [1.82, 2.24) is 15.5 Å². The van der Waals surface area contributed by atoms with E-state index in [1.807, 2.05) is 42.5 Å². The number of halogens is 1. The molecule has 0 unspecified atom stereocenters. The average molecular weight is 370 g/mol. The smallest absolute Gasteiger partial charge is 0.251 e. The number of nitrogens with zero attached hydrogens (tertiary/aromatic N) is 2. The van der Waals surface area contributed by atoms with E-state index in [1.165, 1.54) is 5.56 Å². The van der Waals surface area contributed by atoms with Gasteiger partial charge in [0.2, 0.25) is 11.7 Å². The lowest BCUT2D eigenvalue weighted by Gasteiger charge is -2.18. The van der Waals surface area contributed by atoms with Crippen LogP contribution >= 0.6 is 11.6 Å². The highest BCUT2D eigenvalue weighted by Gasteiger charge is 2.15. The fourth-order valence-electron chi connectivity index (χ4n) is 2.46. The number of aromatic nitrogens is 2. The Morgan fingerprint density at radius 2 is 1.81 bits per heavy atom. The Morgan fingerprint density at radius 3 is 2.46 bits per heavy atom. The third-order valence-corrected chi connectivity index (χ3v) is 4.33. The first-order chi connectivity index (χ1) is 12.3. The van der Waals surface area contributed by atoms with Crippen LogP contribution in [0.25, 0.3) is 11.4 Å². The number of carbonyl (C=O) groups is 1. The van der Waals surface area contributed by atoms with Crippen LogP contribution in [0.5, 0.6) is 0 Å². The van der Waals surface area contributed by atoms with E-state index in [2.05, 4.69) is 36.2 Å². The largest absolute Gasteiger partial charge is 0.343 e. The Hall–Kier alpha value is -2.66. The molecule has 2 aromatic carbocycles. The van der Waals surface area contributed by atoms with Gasteiger partial charge in [0.25, 0.3) is 5.91 Å². The lowest BCUT2D eigenvalue weighted by molar-refractivity contribution is 0.0946. The van der Waals surface area contributed by atoms with Crippen LogP contribution in [0, 0.1) is 0 Å². The predicted octanol–water partition coefficient (Wildman–Crippen LogP) is 4.62. The third kappa shape index (κ3) is 4.11. The van der Waals surface area contributed by atoms with Gasteiger partial charge in [-0.2, -0.15) is 4.98 Å². The van der Waals surface area contributed by atoms with E-state index in [4.69, 9.17) is 16.1 Å². The molecule has 3 aromatic rings. The zero-order chi connectivity index (χ0) is 18.7. The Labute approximate surface area is 157 Å². The summed E-state index contributed by atoms with van der Waals surface area (Å²) in [5.41, 5.74) is 2.50. The van der Waals surface area contributed by atoms with Crippen LogP contribution in [0.15, 0.2) is 53.1 Å². The van der Waals surface area contributed by atoms with Crippen molar-refractivity contribution in [3.8, 4) is 11.4 Å². The molecular formula is C20H20ClN3O2. The Kier molecular flexibility index (Phi) is 5.09. The van der Waals surface area contributed by atoms with Crippen molar-refractivity contribution in [3.63, 3.8) is 0 Å². The average Bonchev–Trinajstić information content (AvgIpc) is 3.08.